The van der Waals surface area contributed by atoms with Crippen molar-refractivity contribution in [1.29, 1.82) is 0 Å². The molecule has 0 bridgehead atoms. The van der Waals surface area contributed by atoms with Crippen molar-refractivity contribution in [3.8, 4) is 11.5 Å². The van der Waals surface area contributed by atoms with Crippen LogP contribution in [-0.2, 0) is 4.74 Å². The molecule has 2 aromatic rings. The molecule has 0 saturated heterocycles. The van der Waals surface area contributed by atoms with Crippen LogP contribution in [0.15, 0.2) is 48.5 Å². The highest BCUT2D eigenvalue weighted by Crippen LogP contribution is 2.22. The topological polar surface area (TPSA) is 44.8 Å². The van der Waals surface area contributed by atoms with Crippen molar-refractivity contribution >= 4 is 5.97 Å². The number of carbonyl (C=O) groups is 1. The molecule has 1 unspecified atom stereocenters. The fourth-order valence-electron chi connectivity index (χ4n) is 5.39. The third kappa shape index (κ3) is 18.2. The summed E-state index contributed by atoms with van der Waals surface area (Å²) in [4.78, 5) is 12.6. The zero-order valence-corrected chi connectivity index (χ0v) is 27.9. The molecule has 0 saturated carbocycles. The summed E-state index contributed by atoms with van der Waals surface area (Å²) in [5, 5.41) is 0. The van der Waals surface area contributed by atoms with Gasteiger partial charge in [0, 0.05) is 6.61 Å². The van der Waals surface area contributed by atoms with Gasteiger partial charge in [0.2, 0.25) is 0 Å². The minimum Gasteiger partial charge on any atom is -0.494 e. The van der Waals surface area contributed by atoms with E-state index in [0.717, 1.165) is 30.8 Å². The molecule has 0 aromatic heterocycles. The van der Waals surface area contributed by atoms with Gasteiger partial charge < -0.3 is 14.2 Å². The second-order valence-electron chi connectivity index (χ2n) is 12.2. The summed E-state index contributed by atoms with van der Waals surface area (Å²) < 4.78 is 17.4. The number of unbranched alkanes of at least 4 members (excludes halogenated alkanes) is 18. The van der Waals surface area contributed by atoms with Gasteiger partial charge in [0.05, 0.1) is 18.3 Å². The fourth-order valence-corrected chi connectivity index (χ4v) is 5.39. The summed E-state index contributed by atoms with van der Waals surface area (Å²) in [6, 6.07) is 14.8. The largest absolute Gasteiger partial charge is 0.494 e. The molecule has 2 aromatic carbocycles. The molecule has 242 valence electrons. The van der Waals surface area contributed by atoms with E-state index in [-0.39, 0.29) is 12.1 Å². The average molecular weight is 595 g/mol. The van der Waals surface area contributed by atoms with Crippen LogP contribution >= 0.6 is 0 Å². The Hall–Kier alpha value is -2.33. The number of hydrogen-bond acceptors (Lipinski definition) is 4. The molecular weight excluding hydrogens is 532 g/mol. The minimum atomic E-state index is -0.366. The highest BCUT2D eigenvalue weighted by molar-refractivity contribution is 5.91. The monoisotopic (exact) mass is 594 g/mol. The van der Waals surface area contributed by atoms with E-state index in [2.05, 4.69) is 20.8 Å². The Labute approximate surface area is 264 Å². The summed E-state index contributed by atoms with van der Waals surface area (Å²) in [7, 11) is 0. The van der Waals surface area contributed by atoms with E-state index in [1.54, 1.807) is 12.1 Å². The maximum Gasteiger partial charge on any atom is 0.343 e. The van der Waals surface area contributed by atoms with Gasteiger partial charge in [-0.3, -0.25) is 0 Å². The lowest BCUT2D eigenvalue weighted by Gasteiger charge is -2.14. The van der Waals surface area contributed by atoms with Crippen molar-refractivity contribution in [3.63, 3.8) is 0 Å². The lowest BCUT2D eigenvalue weighted by Crippen LogP contribution is -2.09. The first kappa shape index (κ1) is 36.9. The number of benzene rings is 2. The second-order valence-corrected chi connectivity index (χ2v) is 12.2. The summed E-state index contributed by atoms with van der Waals surface area (Å²) in [6.45, 7) is 8.06. The highest BCUT2D eigenvalue weighted by Gasteiger charge is 2.11. The van der Waals surface area contributed by atoms with Gasteiger partial charge in [0.25, 0.3) is 0 Å². The molecule has 2 rings (SSSR count). The molecule has 0 amide bonds. The molecule has 4 heteroatoms. The van der Waals surface area contributed by atoms with Gasteiger partial charge in [0.15, 0.2) is 0 Å². The standard InChI is InChI=1S/C39H62O4/c1-4-6-8-10-11-12-13-14-15-16-17-18-19-20-21-23-32-41-34(3)35-24-30-38(31-25-35)43-39(40)36-26-28-37(29-27-36)42-33-22-9-7-5-2/h24-31,34H,4-23,32-33H2,1-3H3. The lowest BCUT2D eigenvalue weighted by molar-refractivity contribution is 0.0627. The van der Waals surface area contributed by atoms with E-state index in [1.165, 1.54) is 116 Å². The first-order valence-corrected chi connectivity index (χ1v) is 17.8. The van der Waals surface area contributed by atoms with Crippen molar-refractivity contribution in [1.82, 2.24) is 0 Å². The van der Waals surface area contributed by atoms with Crippen molar-refractivity contribution in [2.24, 2.45) is 0 Å². The van der Waals surface area contributed by atoms with Gasteiger partial charge in [-0.2, -0.15) is 0 Å². The molecule has 0 aliphatic carbocycles. The van der Waals surface area contributed by atoms with Crippen LogP contribution in [0.5, 0.6) is 11.5 Å². The summed E-state index contributed by atoms with van der Waals surface area (Å²) >= 11 is 0. The van der Waals surface area contributed by atoms with Crippen molar-refractivity contribution < 1.29 is 19.0 Å². The molecule has 0 radical (unpaired) electrons. The van der Waals surface area contributed by atoms with E-state index < -0.39 is 0 Å². The van der Waals surface area contributed by atoms with E-state index in [0.29, 0.717) is 17.9 Å². The van der Waals surface area contributed by atoms with Crippen molar-refractivity contribution in [3.05, 3.63) is 59.7 Å². The summed E-state index contributed by atoms with van der Waals surface area (Å²) in [5.41, 5.74) is 1.61. The maximum atomic E-state index is 12.6. The molecule has 43 heavy (non-hydrogen) atoms. The molecular formula is C39H62O4. The van der Waals surface area contributed by atoms with Gasteiger partial charge >= 0.3 is 5.97 Å². The predicted molar refractivity (Wildman–Crippen MR) is 181 cm³/mol. The van der Waals surface area contributed by atoms with E-state index in [9.17, 15) is 4.79 Å². The summed E-state index contributed by atoms with van der Waals surface area (Å²) in [6.07, 6.45) is 26.7. The first-order chi connectivity index (χ1) is 21.1. The van der Waals surface area contributed by atoms with Crippen LogP contribution in [0.3, 0.4) is 0 Å². The average Bonchev–Trinajstić information content (AvgIpc) is 3.03. The van der Waals surface area contributed by atoms with Crippen LogP contribution in [0.25, 0.3) is 0 Å². The fraction of sp³-hybridized carbons (Fsp3) is 0.667. The molecule has 0 N–H and O–H groups in total. The van der Waals surface area contributed by atoms with Crippen LogP contribution in [0.2, 0.25) is 0 Å². The molecule has 0 heterocycles. The third-order valence-electron chi connectivity index (χ3n) is 8.28. The van der Waals surface area contributed by atoms with Crippen molar-refractivity contribution in [2.45, 2.75) is 155 Å². The predicted octanol–water partition coefficient (Wildman–Crippen LogP) is 12.2. The van der Waals surface area contributed by atoms with Gasteiger partial charge in [-0.15, -0.1) is 0 Å². The zero-order chi connectivity index (χ0) is 30.8. The molecule has 0 aliphatic heterocycles. The van der Waals surface area contributed by atoms with E-state index in [1.807, 2.05) is 36.4 Å². The van der Waals surface area contributed by atoms with Crippen LogP contribution in [0.1, 0.15) is 171 Å². The molecule has 0 spiro atoms. The van der Waals surface area contributed by atoms with Crippen molar-refractivity contribution in [2.75, 3.05) is 13.2 Å². The van der Waals surface area contributed by atoms with Gasteiger partial charge in [-0.1, -0.05) is 142 Å². The molecule has 1 atom stereocenters. The Morgan fingerprint density at radius 2 is 0.953 bits per heavy atom. The SMILES string of the molecule is CCCCCCCCCCCCCCCCCCOC(C)c1ccc(OC(=O)c2ccc(OCCCCCC)cc2)cc1. The molecule has 0 aliphatic rings. The maximum absolute atomic E-state index is 12.6. The van der Waals surface area contributed by atoms with Gasteiger partial charge in [0.1, 0.15) is 11.5 Å². The van der Waals surface area contributed by atoms with Crippen LogP contribution in [0.4, 0.5) is 0 Å². The van der Waals surface area contributed by atoms with E-state index >= 15 is 0 Å². The Bertz CT molecular complexity index is 921. The smallest absolute Gasteiger partial charge is 0.343 e. The second kappa shape index (κ2) is 25.0. The Morgan fingerprint density at radius 3 is 1.47 bits per heavy atom. The Balaban J connectivity index is 1.48. The number of hydrogen-bond donors (Lipinski definition) is 0. The number of rotatable bonds is 27. The normalized spacial score (nSPS) is 11.9. The highest BCUT2D eigenvalue weighted by atomic mass is 16.5. The Morgan fingerprint density at radius 1 is 0.535 bits per heavy atom. The minimum absolute atomic E-state index is 0.0237. The van der Waals surface area contributed by atoms with Crippen LogP contribution in [-0.4, -0.2) is 19.2 Å². The molecule has 0 fully saturated rings. The number of esters is 1. The van der Waals surface area contributed by atoms with Crippen LogP contribution in [0, 0.1) is 0 Å². The lowest BCUT2D eigenvalue weighted by atomic mass is 10.0. The number of ether oxygens (including phenoxy) is 3. The number of carbonyl (C=O) groups excluding carboxylic acids is 1. The van der Waals surface area contributed by atoms with E-state index in [4.69, 9.17) is 14.2 Å². The quantitative estimate of drug-likeness (QED) is 0.0586. The zero-order valence-electron chi connectivity index (χ0n) is 27.9. The first-order valence-electron chi connectivity index (χ1n) is 17.8. The molecule has 4 nitrogen and oxygen atoms in total. The van der Waals surface area contributed by atoms with Crippen LogP contribution < -0.4 is 9.47 Å². The van der Waals surface area contributed by atoms with Gasteiger partial charge in [-0.05, 0) is 61.7 Å². The summed E-state index contributed by atoms with van der Waals surface area (Å²) in [5.74, 6) is 0.955. The Kier molecular flexibility index (Phi) is 21.5. The van der Waals surface area contributed by atoms with Gasteiger partial charge in [-0.25, -0.2) is 4.79 Å². The third-order valence-corrected chi connectivity index (χ3v) is 8.28.